The summed E-state index contributed by atoms with van der Waals surface area (Å²) >= 11 is 6.05. The zero-order valence-electron chi connectivity index (χ0n) is 11.2. The molecule has 0 aliphatic heterocycles. The first-order valence-corrected chi connectivity index (χ1v) is 6.67. The molecule has 0 heterocycles. The molecule has 1 aromatic carbocycles. The number of aliphatic hydroxyl groups excluding tert-OH is 1. The van der Waals surface area contributed by atoms with Crippen molar-refractivity contribution in [1.29, 1.82) is 0 Å². The summed E-state index contributed by atoms with van der Waals surface area (Å²) in [6, 6.07) is 4.92. The van der Waals surface area contributed by atoms with Crippen molar-refractivity contribution in [2.45, 2.75) is 19.6 Å². The van der Waals surface area contributed by atoms with E-state index in [0.29, 0.717) is 6.54 Å². The van der Waals surface area contributed by atoms with E-state index in [1.165, 1.54) is 0 Å². The van der Waals surface area contributed by atoms with Crippen molar-refractivity contribution in [2.24, 2.45) is 0 Å². The van der Waals surface area contributed by atoms with Crippen LogP contribution >= 0.6 is 11.6 Å². The Balaban J connectivity index is 2.90. The molecule has 7 heteroatoms. The van der Waals surface area contributed by atoms with Gasteiger partial charge in [-0.3, -0.25) is 0 Å². The number of nitrogens with one attached hydrogen (secondary N) is 1. The molecule has 1 aromatic rings. The maximum absolute atomic E-state index is 12.5. The second-order valence-electron chi connectivity index (χ2n) is 4.33. The lowest BCUT2D eigenvalue weighted by molar-refractivity contribution is -0.119. The minimum atomic E-state index is -4.35. The van der Waals surface area contributed by atoms with Gasteiger partial charge in [0.15, 0.2) is 0 Å². The van der Waals surface area contributed by atoms with Crippen LogP contribution in [0.1, 0.15) is 12.5 Å². The Labute approximate surface area is 121 Å². The summed E-state index contributed by atoms with van der Waals surface area (Å²) in [6.45, 7) is 1.74. The molecule has 3 nitrogen and oxygen atoms in total. The summed E-state index contributed by atoms with van der Waals surface area (Å²) in [5.41, 5.74) is 1.18. The third kappa shape index (κ3) is 5.56. The molecule has 20 heavy (non-hydrogen) atoms. The maximum Gasteiger partial charge on any atom is 0.405 e. The van der Waals surface area contributed by atoms with E-state index in [1.807, 2.05) is 6.92 Å². The van der Waals surface area contributed by atoms with Crippen LogP contribution in [0.2, 0.25) is 5.02 Å². The highest BCUT2D eigenvalue weighted by molar-refractivity contribution is 6.33. The highest BCUT2D eigenvalue weighted by Crippen LogP contribution is 2.29. The van der Waals surface area contributed by atoms with Gasteiger partial charge in [0.1, 0.15) is 6.54 Å². The van der Waals surface area contributed by atoms with Crippen LogP contribution in [-0.4, -0.2) is 37.5 Å². The minimum Gasteiger partial charge on any atom is -0.395 e. The van der Waals surface area contributed by atoms with Crippen LogP contribution in [0.5, 0.6) is 0 Å². The molecule has 0 saturated heterocycles. The Bertz CT molecular complexity index is 427. The predicted octanol–water partition coefficient (Wildman–Crippen LogP) is 2.81. The molecule has 0 bridgehead atoms. The second kappa shape index (κ2) is 7.71. The lowest BCUT2D eigenvalue weighted by atomic mass is 10.2. The molecule has 0 aliphatic carbocycles. The number of nitrogens with zero attached hydrogens (tertiary/aromatic N) is 1. The van der Waals surface area contributed by atoms with E-state index in [-0.39, 0.29) is 23.9 Å². The van der Waals surface area contributed by atoms with E-state index in [0.717, 1.165) is 17.0 Å². The summed E-state index contributed by atoms with van der Waals surface area (Å²) in [5.74, 6) is 0. The van der Waals surface area contributed by atoms with Crippen molar-refractivity contribution in [3.8, 4) is 0 Å². The first kappa shape index (κ1) is 17.1. The number of benzene rings is 1. The fraction of sp³-hybridized carbons (Fsp3) is 0.538. The topological polar surface area (TPSA) is 35.5 Å². The zero-order chi connectivity index (χ0) is 15.2. The van der Waals surface area contributed by atoms with Crippen LogP contribution in [0, 0.1) is 0 Å². The van der Waals surface area contributed by atoms with Crippen molar-refractivity contribution in [2.75, 3.05) is 31.1 Å². The lowest BCUT2D eigenvalue weighted by Crippen LogP contribution is -2.36. The van der Waals surface area contributed by atoms with Gasteiger partial charge in [-0.2, -0.15) is 13.2 Å². The van der Waals surface area contributed by atoms with Crippen molar-refractivity contribution >= 4 is 17.3 Å². The van der Waals surface area contributed by atoms with Gasteiger partial charge >= 0.3 is 6.18 Å². The van der Waals surface area contributed by atoms with E-state index in [4.69, 9.17) is 16.7 Å². The van der Waals surface area contributed by atoms with Crippen molar-refractivity contribution in [3.63, 3.8) is 0 Å². The molecule has 0 spiro atoms. The molecular formula is C13H18ClF3N2O. The Kier molecular flexibility index (Phi) is 6.58. The molecular weight excluding hydrogens is 293 g/mol. The van der Waals surface area contributed by atoms with Crippen LogP contribution in [0.4, 0.5) is 18.9 Å². The van der Waals surface area contributed by atoms with E-state index in [1.54, 1.807) is 18.2 Å². The van der Waals surface area contributed by atoms with Gasteiger partial charge in [0, 0.05) is 13.1 Å². The van der Waals surface area contributed by atoms with Crippen LogP contribution in [0.25, 0.3) is 0 Å². The molecule has 1 rings (SSSR count). The van der Waals surface area contributed by atoms with Gasteiger partial charge in [0.25, 0.3) is 0 Å². The van der Waals surface area contributed by atoms with Crippen molar-refractivity contribution < 1.29 is 18.3 Å². The Morgan fingerprint density at radius 1 is 1.35 bits per heavy atom. The minimum absolute atomic E-state index is 0.119. The molecule has 0 radical (unpaired) electrons. The number of halogens is 4. The largest absolute Gasteiger partial charge is 0.405 e. The van der Waals surface area contributed by atoms with Gasteiger partial charge < -0.3 is 15.3 Å². The summed E-state index contributed by atoms with van der Waals surface area (Å²) in [7, 11) is 0. The van der Waals surface area contributed by atoms with Crippen LogP contribution in [0.15, 0.2) is 18.2 Å². The molecule has 0 aromatic heterocycles. The fourth-order valence-corrected chi connectivity index (χ4v) is 2.13. The molecule has 0 unspecified atom stereocenters. The molecule has 0 aliphatic rings. The SMILES string of the molecule is CCNCc1ccc(N(CCO)CC(F)(F)F)c(Cl)c1. The number of hydrogen-bond acceptors (Lipinski definition) is 3. The second-order valence-corrected chi connectivity index (χ2v) is 4.73. The standard InChI is InChI=1S/C13H18ClF3N2O/c1-2-18-8-10-3-4-12(11(14)7-10)19(5-6-20)9-13(15,16)17/h3-4,7,18,20H,2,5-6,8-9H2,1H3. The average Bonchev–Trinajstić information content (AvgIpc) is 2.34. The fourth-order valence-electron chi connectivity index (χ4n) is 1.81. The van der Waals surface area contributed by atoms with E-state index in [2.05, 4.69) is 5.32 Å². The number of alkyl halides is 3. The smallest absolute Gasteiger partial charge is 0.395 e. The number of anilines is 1. The highest BCUT2D eigenvalue weighted by atomic mass is 35.5. The summed E-state index contributed by atoms with van der Waals surface area (Å²) in [4.78, 5) is 1.03. The zero-order valence-corrected chi connectivity index (χ0v) is 11.9. The molecule has 0 saturated carbocycles. The number of hydrogen-bond donors (Lipinski definition) is 2. The van der Waals surface area contributed by atoms with Crippen LogP contribution in [0.3, 0.4) is 0 Å². The molecule has 114 valence electrons. The monoisotopic (exact) mass is 310 g/mol. The summed E-state index contributed by atoms with van der Waals surface area (Å²) in [6.07, 6.45) is -4.35. The van der Waals surface area contributed by atoms with Gasteiger partial charge in [-0.05, 0) is 24.2 Å². The average molecular weight is 311 g/mol. The Hall–Kier alpha value is -0.980. The third-order valence-corrected chi connectivity index (χ3v) is 2.97. The highest BCUT2D eigenvalue weighted by Gasteiger charge is 2.31. The first-order chi connectivity index (χ1) is 9.37. The van der Waals surface area contributed by atoms with Gasteiger partial charge in [-0.1, -0.05) is 24.6 Å². The van der Waals surface area contributed by atoms with Gasteiger partial charge in [-0.15, -0.1) is 0 Å². The number of rotatable bonds is 7. The maximum atomic E-state index is 12.5. The number of aliphatic hydroxyl groups is 1. The molecule has 0 fully saturated rings. The molecule has 2 N–H and O–H groups in total. The summed E-state index contributed by atoms with van der Waals surface area (Å²) in [5, 5.41) is 12.3. The van der Waals surface area contributed by atoms with Gasteiger partial charge in [-0.25, -0.2) is 0 Å². The molecule has 0 amide bonds. The Morgan fingerprint density at radius 2 is 2.05 bits per heavy atom. The van der Waals surface area contributed by atoms with Gasteiger partial charge in [0.05, 0.1) is 17.3 Å². The normalized spacial score (nSPS) is 11.7. The van der Waals surface area contributed by atoms with E-state index >= 15 is 0 Å². The van der Waals surface area contributed by atoms with E-state index < -0.39 is 12.7 Å². The van der Waals surface area contributed by atoms with E-state index in [9.17, 15) is 13.2 Å². The lowest BCUT2D eigenvalue weighted by Gasteiger charge is -2.26. The van der Waals surface area contributed by atoms with Crippen LogP contribution < -0.4 is 10.2 Å². The van der Waals surface area contributed by atoms with Crippen molar-refractivity contribution in [1.82, 2.24) is 5.32 Å². The molecule has 0 atom stereocenters. The third-order valence-electron chi connectivity index (χ3n) is 2.67. The predicted molar refractivity (Wildman–Crippen MR) is 74.2 cm³/mol. The first-order valence-electron chi connectivity index (χ1n) is 6.29. The van der Waals surface area contributed by atoms with Gasteiger partial charge in [0.2, 0.25) is 0 Å². The summed E-state index contributed by atoms with van der Waals surface area (Å²) < 4.78 is 37.5. The quantitative estimate of drug-likeness (QED) is 0.813. The van der Waals surface area contributed by atoms with Crippen LogP contribution in [-0.2, 0) is 6.54 Å². The van der Waals surface area contributed by atoms with Crippen molar-refractivity contribution in [3.05, 3.63) is 28.8 Å². The Morgan fingerprint density at radius 3 is 2.55 bits per heavy atom.